The molecule has 7 nitrogen and oxygen atoms in total. The van der Waals surface area contributed by atoms with Gasteiger partial charge < -0.3 is 19.5 Å². The molecule has 1 aromatic heterocycles. The second-order valence-electron chi connectivity index (χ2n) is 7.06. The van der Waals surface area contributed by atoms with Gasteiger partial charge in [-0.1, -0.05) is 23.4 Å². The molecule has 2 fully saturated rings. The molecule has 0 radical (unpaired) electrons. The van der Waals surface area contributed by atoms with Crippen LogP contribution in [-0.4, -0.2) is 40.8 Å². The lowest BCUT2D eigenvalue weighted by atomic mass is 9.96. The molecule has 2 aromatic rings. The summed E-state index contributed by atoms with van der Waals surface area (Å²) in [5, 5.41) is 7.03. The normalized spacial score (nSPS) is 18.1. The number of nitrogens with zero attached hydrogens (tertiary/aromatic N) is 3. The van der Waals surface area contributed by atoms with E-state index in [4.69, 9.17) is 9.26 Å². The van der Waals surface area contributed by atoms with Gasteiger partial charge in [0.15, 0.2) is 5.82 Å². The van der Waals surface area contributed by atoms with E-state index in [-0.39, 0.29) is 11.9 Å². The van der Waals surface area contributed by atoms with Crippen LogP contribution in [0.3, 0.4) is 0 Å². The second-order valence-corrected chi connectivity index (χ2v) is 7.06. The van der Waals surface area contributed by atoms with Crippen molar-refractivity contribution in [2.75, 3.05) is 25.0 Å². The van der Waals surface area contributed by atoms with Crippen LogP contribution in [0.2, 0.25) is 0 Å². The minimum absolute atomic E-state index is 0.0584. The van der Waals surface area contributed by atoms with Crippen molar-refractivity contribution < 1.29 is 14.1 Å². The number of anilines is 1. The maximum absolute atomic E-state index is 12.3. The molecule has 1 saturated carbocycles. The van der Waals surface area contributed by atoms with Gasteiger partial charge in [-0.15, -0.1) is 0 Å². The van der Waals surface area contributed by atoms with Crippen LogP contribution in [0.15, 0.2) is 34.9 Å². The van der Waals surface area contributed by atoms with Crippen LogP contribution in [-0.2, 0) is 11.3 Å². The molecular weight excluding hydrogens is 332 g/mol. The Bertz CT molecular complexity index is 721. The number of amides is 2. The number of nitrogens with one attached hydrogen (secondary N) is 1. The van der Waals surface area contributed by atoms with Crippen molar-refractivity contribution in [1.29, 1.82) is 0 Å². The molecule has 2 amide bonds. The molecule has 1 aromatic carbocycles. The zero-order chi connectivity index (χ0) is 17.8. The van der Waals surface area contributed by atoms with Gasteiger partial charge in [-0.2, -0.15) is 4.98 Å². The highest BCUT2D eigenvalue weighted by Crippen LogP contribution is 2.29. The third kappa shape index (κ3) is 4.40. The number of likely N-dealkylation sites (tertiary alicyclic amines) is 1. The number of para-hydroxylation sites is 1. The van der Waals surface area contributed by atoms with E-state index in [0.29, 0.717) is 25.6 Å². The lowest BCUT2D eigenvalue weighted by Gasteiger charge is -2.30. The number of ether oxygens (including phenoxy) is 1. The highest BCUT2D eigenvalue weighted by atomic mass is 16.5. The van der Waals surface area contributed by atoms with Crippen LogP contribution in [0.4, 0.5) is 10.5 Å². The van der Waals surface area contributed by atoms with Gasteiger partial charge in [0, 0.05) is 24.7 Å². The maximum atomic E-state index is 12.3. The predicted molar refractivity (Wildman–Crippen MR) is 95.7 cm³/mol. The summed E-state index contributed by atoms with van der Waals surface area (Å²) < 4.78 is 10.9. The molecule has 26 heavy (non-hydrogen) atoms. The van der Waals surface area contributed by atoms with Crippen molar-refractivity contribution in [3.05, 3.63) is 42.0 Å². The largest absolute Gasteiger partial charge is 0.371 e. The molecule has 2 heterocycles. The first-order chi connectivity index (χ1) is 12.8. The molecule has 4 rings (SSSR count). The van der Waals surface area contributed by atoms with Gasteiger partial charge in [0.25, 0.3) is 5.89 Å². The molecule has 7 heteroatoms. The topological polar surface area (TPSA) is 80.5 Å². The van der Waals surface area contributed by atoms with E-state index in [9.17, 15) is 4.79 Å². The minimum atomic E-state index is -0.0584. The van der Waals surface area contributed by atoms with Crippen molar-refractivity contribution in [2.24, 2.45) is 5.92 Å². The first kappa shape index (κ1) is 17.0. The van der Waals surface area contributed by atoms with Crippen molar-refractivity contribution >= 4 is 11.7 Å². The van der Waals surface area contributed by atoms with E-state index in [1.807, 2.05) is 35.2 Å². The Morgan fingerprint density at radius 1 is 1.19 bits per heavy atom. The molecule has 1 saturated heterocycles. The van der Waals surface area contributed by atoms with Gasteiger partial charge in [0.05, 0.1) is 6.61 Å². The summed E-state index contributed by atoms with van der Waals surface area (Å²) in [6, 6.07) is 9.45. The van der Waals surface area contributed by atoms with Gasteiger partial charge in [0.1, 0.15) is 6.61 Å². The van der Waals surface area contributed by atoms with Crippen LogP contribution in [0.1, 0.15) is 43.3 Å². The number of benzene rings is 1. The van der Waals surface area contributed by atoms with Crippen LogP contribution >= 0.6 is 0 Å². The fraction of sp³-hybridized carbons (Fsp3) is 0.526. The average Bonchev–Trinajstić information content (AvgIpc) is 3.38. The van der Waals surface area contributed by atoms with Crippen molar-refractivity contribution in [1.82, 2.24) is 15.0 Å². The Morgan fingerprint density at radius 3 is 2.69 bits per heavy atom. The summed E-state index contributed by atoms with van der Waals surface area (Å²) >= 11 is 0. The fourth-order valence-corrected chi connectivity index (χ4v) is 3.15. The number of carbonyl (C=O) groups excluding carboxylic acids is 1. The monoisotopic (exact) mass is 356 g/mol. The SMILES string of the molecule is O=C(Nc1ccccc1)N1CCC(c2noc(COCC3CC3)n2)CC1. The summed E-state index contributed by atoms with van der Waals surface area (Å²) in [5.41, 5.74) is 0.814. The first-order valence-corrected chi connectivity index (χ1v) is 9.29. The smallest absolute Gasteiger partial charge is 0.321 e. The molecule has 1 aliphatic heterocycles. The van der Waals surface area contributed by atoms with E-state index in [1.165, 1.54) is 12.8 Å². The Kier molecular flexibility index (Phi) is 5.15. The summed E-state index contributed by atoms with van der Waals surface area (Å²) in [5.74, 6) is 2.24. The number of carbonyl (C=O) groups is 1. The van der Waals surface area contributed by atoms with Crippen LogP contribution < -0.4 is 5.32 Å². The van der Waals surface area contributed by atoms with Crippen LogP contribution in [0.5, 0.6) is 0 Å². The molecule has 1 N–H and O–H groups in total. The third-order valence-corrected chi connectivity index (χ3v) is 4.93. The molecule has 0 unspecified atom stereocenters. The minimum Gasteiger partial charge on any atom is -0.371 e. The number of urea groups is 1. The predicted octanol–water partition coefficient (Wildman–Crippen LogP) is 3.41. The molecule has 138 valence electrons. The molecule has 0 spiro atoms. The van der Waals surface area contributed by atoms with E-state index < -0.39 is 0 Å². The van der Waals surface area contributed by atoms with E-state index >= 15 is 0 Å². The average molecular weight is 356 g/mol. The third-order valence-electron chi connectivity index (χ3n) is 4.93. The molecule has 0 atom stereocenters. The summed E-state index contributed by atoms with van der Waals surface area (Å²) in [7, 11) is 0. The number of piperidine rings is 1. The van der Waals surface area contributed by atoms with Gasteiger partial charge in [-0.05, 0) is 43.7 Å². The van der Waals surface area contributed by atoms with E-state index in [0.717, 1.165) is 36.9 Å². The highest BCUT2D eigenvalue weighted by molar-refractivity contribution is 5.89. The summed E-state index contributed by atoms with van der Waals surface area (Å²) in [6.07, 6.45) is 4.21. The summed E-state index contributed by atoms with van der Waals surface area (Å²) in [6.45, 7) is 2.55. The Labute approximate surface area is 152 Å². The number of hydrogen-bond donors (Lipinski definition) is 1. The Hall–Kier alpha value is -2.41. The number of hydrogen-bond acceptors (Lipinski definition) is 5. The van der Waals surface area contributed by atoms with Gasteiger partial charge in [-0.25, -0.2) is 4.79 Å². The van der Waals surface area contributed by atoms with Crippen LogP contribution in [0.25, 0.3) is 0 Å². The first-order valence-electron chi connectivity index (χ1n) is 9.29. The Morgan fingerprint density at radius 2 is 1.96 bits per heavy atom. The standard InChI is InChI=1S/C19H24N4O3/c24-19(20-16-4-2-1-3-5-16)23-10-8-15(9-11-23)18-21-17(26-22-18)13-25-12-14-6-7-14/h1-5,14-15H,6-13H2,(H,20,24). The lowest BCUT2D eigenvalue weighted by Crippen LogP contribution is -2.40. The van der Waals surface area contributed by atoms with Gasteiger partial charge >= 0.3 is 6.03 Å². The van der Waals surface area contributed by atoms with Crippen molar-refractivity contribution in [2.45, 2.75) is 38.2 Å². The molecule has 1 aliphatic carbocycles. The zero-order valence-corrected chi connectivity index (χ0v) is 14.8. The Balaban J connectivity index is 1.24. The van der Waals surface area contributed by atoms with E-state index in [1.54, 1.807) is 0 Å². The number of aromatic nitrogens is 2. The van der Waals surface area contributed by atoms with Gasteiger partial charge in [0.2, 0.25) is 0 Å². The fourth-order valence-electron chi connectivity index (χ4n) is 3.15. The molecule has 0 bridgehead atoms. The van der Waals surface area contributed by atoms with E-state index in [2.05, 4.69) is 15.5 Å². The zero-order valence-electron chi connectivity index (χ0n) is 14.8. The lowest BCUT2D eigenvalue weighted by molar-refractivity contribution is 0.0894. The van der Waals surface area contributed by atoms with Crippen molar-refractivity contribution in [3.8, 4) is 0 Å². The van der Waals surface area contributed by atoms with Crippen LogP contribution in [0, 0.1) is 5.92 Å². The highest BCUT2D eigenvalue weighted by Gasteiger charge is 2.27. The quantitative estimate of drug-likeness (QED) is 0.858. The number of rotatable bonds is 6. The maximum Gasteiger partial charge on any atom is 0.321 e. The second kappa shape index (κ2) is 7.86. The van der Waals surface area contributed by atoms with Crippen molar-refractivity contribution in [3.63, 3.8) is 0 Å². The summed E-state index contributed by atoms with van der Waals surface area (Å²) in [4.78, 5) is 18.6. The molecule has 2 aliphatic rings. The van der Waals surface area contributed by atoms with Gasteiger partial charge in [-0.3, -0.25) is 0 Å². The molecular formula is C19H24N4O3.